The van der Waals surface area contributed by atoms with Gasteiger partial charge in [0.15, 0.2) is 22.8 Å². The van der Waals surface area contributed by atoms with Gasteiger partial charge in [0.1, 0.15) is 5.76 Å². The van der Waals surface area contributed by atoms with Gasteiger partial charge >= 0.3 is 0 Å². The molecule has 1 heterocycles. The van der Waals surface area contributed by atoms with Crippen LogP contribution in [0.2, 0.25) is 0 Å². The fraction of sp³-hybridized carbons (Fsp3) is 0.263. The van der Waals surface area contributed by atoms with Crippen molar-refractivity contribution in [2.24, 2.45) is 0 Å². The van der Waals surface area contributed by atoms with Gasteiger partial charge < -0.3 is 23.7 Å². The summed E-state index contributed by atoms with van der Waals surface area (Å²) in [6.45, 7) is 0.0923. The fourth-order valence-corrected chi connectivity index (χ4v) is 2.74. The summed E-state index contributed by atoms with van der Waals surface area (Å²) >= 11 is 0. The molecule has 0 aliphatic carbocycles. The SMILES string of the molecule is COc1ccc(-c2cc3cc(CCO)cc(OC)c3o2)cc1OC. The third kappa shape index (κ3) is 2.90. The maximum absolute atomic E-state index is 9.16. The first-order valence-corrected chi connectivity index (χ1v) is 7.64. The average molecular weight is 328 g/mol. The van der Waals surface area contributed by atoms with E-state index in [2.05, 4.69) is 0 Å². The largest absolute Gasteiger partial charge is 0.493 e. The minimum absolute atomic E-state index is 0.0923. The molecule has 0 spiro atoms. The molecule has 0 amide bonds. The van der Waals surface area contributed by atoms with Gasteiger partial charge in [-0.05, 0) is 48.4 Å². The van der Waals surface area contributed by atoms with Crippen LogP contribution in [-0.2, 0) is 6.42 Å². The molecule has 0 fully saturated rings. The minimum Gasteiger partial charge on any atom is -0.493 e. The predicted molar refractivity (Wildman–Crippen MR) is 92.1 cm³/mol. The lowest BCUT2D eigenvalue weighted by molar-refractivity contribution is 0.299. The number of aliphatic hydroxyl groups is 1. The molecule has 0 saturated carbocycles. The van der Waals surface area contributed by atoms with Crippen molar-refractivity contribution in [3.8, 4) is 28.6 Å². The van der Waals surface area contributed by atoms with Crippen LogP contribution in [0.1, 0.15) is 5.56 Å². The Labute approximate surface area is 140 Å². The Hall–Kier alpha value is -2.66. The number of rotatable bonds is 6. The van der Waals surface area contributed by atoms with E-state index in [1.807, 2.05) is 36.4 Å². The average Bonchev–Trinajstić information content (AvgIpc) is 3.04. The quantitative estimate of drug-likeness (QED) is 0.748. The lowest BCUT2D eigenvalue weighted by Gasteiger charge is -2.08. The molecule has 5 heteroatoms. The molecule has 0 aliphatic heterocycles. The lowest BCUT2D eigenvalue weighted by atomic mass is 10.1. The number of aliphatic hydroxyl groups excluding tert-OH is 1. The van der Waals surface area contributed by atoms with E-state index < -0.39 is 0 Å². The molecule has 24 heavy (non-hydrogen) atoms. The zero-order chi connectivity index (χ0) is 17.1. The zero-order valence-electron chi connectivity index (χ0n) is 14.0. The third-order valence-electron chi connectivity index (χ3n) is 3.93. The second-order valence-corrected chi connectivity index (χ2v) is 5.37. The van der Waals surface area contributed by atoms with Crippen molar-refractivity contribution in [2.45, 2.75) is 6.42 Å². The first kappa shape index (κ1) is 16.2. The first-order valence-electron chi connectivity index (χ1n) is 7.64. The highest BCUT2D eigenvalue weighted by Crippen LogP contribution is 2.37. The summed E-state index contributed by atoms with van der Waals surface area (Å²) in [7, 11) is 4.81. The molecule has 1 N–H and O–H groups in total. The summed E-state index contributed by atoms with van der Waals surface area (Å²) in [6, 6.07) is 11.5. The molecule has 3 aromatic rings. The summed E-state index contributed by atoms with van der Waals surface area (Å²) in [4.78, 5) is 0. The van der Waals surface area contributed by atoms with E-state index in [1.54, 1.807) is 21.3 Å². The number of benzene rings is 2. The van der Waals surface area contributed by atoms with Gasteiger partial charge in [0, 0.05) is 17.6 Å². The maximum Gasteiger partial charge on any atom is 0.176 e. The number of methoxy groups -OCH3 is 3. The number of hydrogen-bond donors (Lipinski definition) is 1. The van der Waals surface area contributed by atoms with Crippen molar-refractivity contribution in [1.29, 1.82) is 0 Å². The standard InChI is InChI=1S/C19H20O5/c1-21-15-5-4-13(10-17(15)22-2)16-11-14-8-12(6-7-20)9-18(23-3)19(14)24-16/h4-5,8-11,20H,6-7H2,1-3H3. The lowest BCUT2D eigenvalue weighted by Crippen LogP contribution is -1.92. The Balaban J connectivity index is 2.10. The van der Waals surface area contributed by atoms with Gasteiger partial charge in [-0.1, -0.05) is 0 Å². The van der Waals surface area contributed by atoms with Crippen LogP contribution in [0.3, 0.4) is 0 Å². The molecule has 5 nitrogen and oxygen atoms in total. The number of fused-ring (bicyclic) bond motifs is 1. The summed E-state index contributed by atoms with van der Waals surface area (Å²) < 4.78 is 22.0. The van der Waals surface area contributed by atoms with Gasteiger partial charge in [0.2, 0.25) is 0 Å². The second kappa shape index (κ2) is 6.84. The van der Waals surface area contributed by atoms with Crippen molar-refractivity contribution in [1.82, 2.24) is 0 Å². The molecule has 126 valence electrons. The summed E-state index contributed by atoms with van der Waals surface area (Å²) in [6.07, 6.45) is 0.573. The van der Waals surface area contributed by atoms with Crippen molar-refractivity contribution in [2.75, 3.05) is 27.9 Å². The van der Waals surface area contributed by atoms with Gasteiger partial charge in [-0.3, -0.25) is 0 Å². The third-order valence-corrected chi connectivity index (χ3v) is 3.93. The molecule has 0 atom stereocenters. The number of hydrogen-bond acceptors (Lipinski definition) is 5. The smallest absolute Gasteiger partial charge is 0.176 e. The number of furan rings is 1. The Morgan fingerprint density at radius 1 is 0.875 bits per heavy atom. The van der Waals surface area contributed by atoms with E-state index in [1.165, 1.54) is 0 Å². The predicted octanol–water partition coefficient (Wildman–Crippen LogP) is 3.66. The van der Waals surface area contributed by atoms with Crippen LogP contribution in [0.25, 0.3) is 22.3 Å². The van der Waals surface area contributed by atoms with Crippen LogP contribution in [0.15, 0.2) is 40.8 Å². The van der Waals surface area contributed by atoms with Crippen LogP contribution >= 0.6 is 0 Å². The van der Waals surface area contributed by atoms with E-state index in [4.69, 9.17) is 23.7 Å². The zero-order valence-corrected chi connectivity index (χ0v) is 14.0. The molecule has 2 aromatic carbocycles. The van der Waals surface area contributed by atoms with Crippen LogP contribution < -0.4 is 14.2 Å². The van der Waals surface area contributed by atoms with Crippen molar-refractivity contribution in [3.63, 3.8) is 0 Å². The first-order chi connectivity index (χ1) is 11.7. The summed E-state index contributed by atoms with van der Waals surface area (Å²) in [5.74, 6) is 2.68. The molecule has 0 radical (unpaired) electrons. The fourth-order valence-electron chi connectivity index (χ4n) is 2.74. The van der Waals surface area contributed by atoms with Crippen LogP contribution in [0.4, 0.5) is 0 Å². The Morgan fingerprint density at radius 3 is 2.29 bits per heavy atom. The molecule has 0 aliphatic rings. The van der Waals surface area contributed by atoms with Gasteiger partial charge in [-0.15, -0.1) is 0 Å². The molecule has 0 unspecified atom stereocenters. The van der Waals surface area contributed by atoms with Crippen molar-refractivity contribution >= 4 is 11.0 Å². The molecule has 3 rings (SSSR count). The van der Waals surface area contributed by atoms with E-state index >= 15 is 0 Å². The Morgan fingerprint density at radius 2 is 1.62 bits per heavy atom. The Kier molecular flexibility index (Phi) is 4.62. The molecular weight excluding hydrogens is 308 g/mol. The van der Waals surface area contributed by atoms with Gasteiger partial charge in [0.25, 0.3) is 0 Å². The minimum atomic E-state index is 0.0923. The van der Waals surface area contributed by atoms with Gasteiger partial charge in [-0.25, -0.2) is 0 Å². The number of ether oxygens (including phenoxy) is 3. The summed E-state index contributed by atoms with van der Waals surface area (Å²) in [5.41, 5.74) is 2.57. The Bertz CT molecular complexity index is 850. The van der Waals surface area contributed by atoms with Gasteiger partial charge in [0.05, 0.1) is 21.3 Å². The van der Waals surface area contributed by atoms with Gasteiger partial charge in [-0.2, -0.15) is 0 Å². The van der Waals surface area contributed by atoms with Crippen LogP contribution in [0.5, 0.6) is 17.2 Å². The van der Waals surface area contributed by atoms with E-state index in [0.29, 0.717) is 35.0 Å². The maximum atomic E-state index is 9.16. The van der Waals surface area contributed by atoms with Crippen LogP contribution in [0, 0.1) is 0 Å². The molecule has 1 aromatic heterocycles. The molecular formula is C19H20O5. The topological polar surface area (TPSA) is 61.1 Å². The van der Waals surface area contributed by atoms with E-state index in [-0.39, 0.29) is 6.61 Å². The highest BCUT2D eigenvalue weighted by atomic mass is 16.5. The monoisotopic (exact) mass is 328 g/mol. The molecule has 0 saturated heterocycles. The highest BCUT2D eigenvalue weighted by Gasteiger charge is 2.14. The highest BCUT2D eigenvalue weighted by molar-refractivity contribution is 5.88. The second-order valence-electron chi connectivity index (χ2n) is 5.37. The molecule has 0 bridgehead atoms. The van der Waals surface area contributed by atoms with E-state index in [0.717, 1.165) is 16.5 Å². The normalized spacial score (nSPS) is 10.8. The van der Waals surface area contributed by atoms with Crippen molar-refractivity contribution in [3.05, 3.63) is 42.0 Å². The van der Waals surface area contributed by atoms with E-state index in [9.17, 15) is 0 Å². The van der Waals surface area contributed by atoms with Crippen molar-refractivity contribution < 1.29 is 23.7 Å². The van der Waals surface area contributed by atoms with Crippen LogP contribution in [-0.4, -0.2) is 33.0 Å². The summed E-state index contributed by atoms with van der Waals surface area (Å²) in [5, 5.41) is 10.1.